The van der Waals surface area contributed by atoms with Crippen LogP contribution in [0, 0.1) is 0 Å². The molecule has 0 fully saturated rings. The van der Waals surface area contributed by atoms with Gasteiger partial charge in [0.25, 0.3) is 6.43 Å². The van der Waals surface area contributed by atoms with Crippen molar-refractivity contribution in [2.75, 3.05) is 14.2 Å². The molecule has 0 aromatic heterocycles. The summed E-state index contributed by atoms with van der Waals surface area (Å²) in [6.45, 7) is 0. The van der Waals surface area contributed by atoms with Crippen molar-refractivity contribution in [1.82, 2.24) is 5.06 Å². The Morgan fingerprint density at radius 3 is 2.38 bits per heavy atom. The van der Waals surface area contributed by atoms with Crippen molar-refractivity contribution in [3.63, 3.8) is 0 Å². The number of carbonyl (C=O) groups is 1. The van der Waals surface area contributed by atoms with Gasteiger partial charge in [0.15, 0.2) is 0 Å². The summed E-state index contributed by atoms with van der Waals surface area (Å²) in [5.41, 5.74) is 0.634. The second-order valence-corrected chi connectivity index (χ2v) is 3.29. The van der Waals surface area contributed by atoms with Crippen LogP contribution in [0.1, 0.15) is 17.6 Å². The lowest BCUT2D eigenvalue weighted by Crippen LogP contribution is -2.26. The molecule has 0 heterocycles. The summed E-state index contributed by atoms with van der Waals surface area (Å²) in [6.07, 6.45) is -2.35. The molecule has 1 amide bonds. The van der Waals surface area contributed by atoms with Crippen LogP contribution in [-0.4, -0.2) is 25.1 Å². The second-order valence-electron chi connectivity index (χ2n) is 3.29. The zero-order chi connectivity index (χ0) is 12.1. The molecule has 16 heavy (non-hydrogen) atoms. The summed E-state index contributed by atoms with van der Waals surface area (Å²) in [4.78, 5) is 16.1. The van der Waals surface area contributed by atoms with Gasteiger partial charge in [0, 0.05) is 12.6 Å². The molecule has 0 radical (unpaired) electrons. The molecule has 0 atom stereocenters. The first-order valence-electron chi connectivity index (χ1n) is 4.72. The fourth-order valence-corrected chi connectivity index (χ4v) is 1.17. The Hall–Kier alpha value is -1.49. The number of hydroxylamine groups is 2. The van der Waals surface area contributed by atoms with E-state index in [0.29, 0.717) is 5.56 Å². The quantitative estimate of drug-likeness (QED) is 0.741. The summed E-state index contributed by atoms with van der Waals surface area (Å²) < 4.78 is 24.5. The third-order valence-electron chi connectivity index (χ3n) is 2.21. The first-order valence-corrected chi connectivity index (χ1v) is 4.72. The van der Waals surface area contributed by atoms with E-state index in [4.69, 9.17) is 4.84 Å². The predicted octanol–water partition coefficient (Wildman–Crippen LogP) is 2.19. The first kappa shape index (κ1) is 12.6. The number of hydrogen-bond donors (Lipinski definition) is 0. The first-order chi connectivity index (χ1) is 7.54. The molecule has 0 aliphatic rings. The number of benzene rings is 1. The molecule has 88 valence electrons. The molecule has 0 aliphatic heterocycles. The molecule has 0 saturated heterocycles. The van der Waals surface area contributed by atoms with Crippen molar-refractivity contribution in [2.45, 2.75) is 12.8 Å². The minimum absolute atomic E-state index is 0.0451. The van der Waals surface area contributed by atoms with Crippen LogP contribution in [0.25, 0.3) is 0 Å². The Morgan fingerprint density at radius 1 is 1.38 bits per heavy atom. The second kappa shape index (κ2) is 5.55. The zero-order valence-electron chi connectivity index (χ0n) is 9.11. The van der Waals surface area contributed by atoms with Gasteiger partial charge in [-0.05, 0) is 5.56 Å². The lowest BCUT2D eigenvalue weighted by molar-refractivity contribution is -0.167. The third-order valence-corrected chi connectivity index (χ3v) is 2.21. The third kappa shape index (κ3) is 3.27. The van der Waals surface area contributed by atoms with E-state index < -0.39 is 6.43 Å². The smallest absolute Gasteiger partial charge is 0.263 e. The maximum atomic E-state index is 12.2. The van der Waals surface area contributed by atoms with Gasteiger partial charge in [-0.2, -0.15) is 0 Å². The molecule has 0 bridgehead atoms. The molecule has 1 aromatic carbocycles. The summed E-state index contributed by atoms with van der Waals surface area (Å²) >= 11 is 0. The van der Waals surface area contributed by atoms with Gasteiger partial charge in [0.1, 0.15) is 0 Å². The molecule has 1 aromatic rings. The molecular weight excluding hydrogens is 216 g/mol. The van der Waals surface area contributed by atoms with E-state index in [1.807, 2.05) is 0 Å². The highest BCUT2D eigenvalue weighted by atomic mass is 19.3. The summed E-state index contributed by atoms with van der Waals surface area (Å²) in [7, 11) is 2.88. The van der Waals surface area contributed by atoms with E-state index in [0.717, 1.165) is 5.06 Å². The van der Waals surface area contributed by atoms with E-state index in [9.17, 15) is 13.6 Å². The van der Waals surface area contributed by atoms with E-state index in [1.165, 1.54) is 38.4 Å². The molecule has 1 rings (SSSR count). The number of alkyl halides is 2. The van der Waals surface area contributed by atoms with Crippen LogP contribution in [0.4, 0.5) is 8.78 Å². The molecule has 5 heteroatoms. The van der Waals surface area contributed by atoms with Crippen molar-refractivity contribution in [2.24, 2.45) is 0 Å². The average Bonchev–Trinajstić information content (AvgIpc) is 2.28. The van der Waals surface area contributed by atoms with Gasteiger partial charge in [-0.25, -0.2) is 13.8 Å². The maximum Gasteiger partial charge on any atom is 0.263 e. The Morgan fingerprint density at radius 2 is 1.94 bits per heavy atom. The van der Waals surface area contributed by atoms with E-state index >= 15 is 0 Å². The van der Waals surface area contributed by atoms with Crippen LogP contribution in [0.5, 0.6) is 0 Å². The van der Waals surface area contributed by atoms with Crippen LogP contribution in [-0.2, 0) is 16.1 Å². The number of nitrogens with zero attached hydrogens (tertiary/aromatic N) is 1. The van der Waals surface area contributed by atoms with Crippen molar-refractivity contribution in [3.05, 3.63) is 35.4 Å². The lowest BCUT2D eigenvalue weighted by Gasteiger charge is -2.13. The number of carbonyl (C=O) groups excluding carboxylic acids is 1. The summed E-state index contributed by atoms with van der Waals surface area (Å²) in [6, 6.07) is 5.67. The topological polar surface area (TPSA) is 29.5 Å². The Kier molecular flexibility index (Phi) is 4.37. The largest absolute Gasteiger partial charge is 0.275 e. The van der Waals surface area contributed by atoms with Gasteiger partial charge >= 0.3 is 0 Å². The van der Waals surface area contributed by atoms with Gasteiger partial charge in [-0.15, -0.1) is 0 Å². The fraction of sp³-hybridized carbons (Fsp3) is 0.364. The number of amides is 1. The van der Waals surface area contributed by atoms with Crippen molar-refractivity contribution in [3.8, 4) is 0 Å². The summed E-state index contributed by atoms with van der Waals surface area (Å²) in [5.74, 6) is -0.229. The number of likely N-dealkylation sites (N-methyl/N-ethyl adjacent to an activating group) is 1. The number of hydrogen-bond acceptors (Lipinski definition) is 2. The van der Waals surface area contributed by atoms with Crippen molar-refractivity contribution in [1.29, 1.82) is 0 Å². The van der Waals surface area contributed by atoms with Crippen LogP contribution >= 0.6 is 0 Å². The van der Waals surface area contributed by atoms with Gasteiger partial charge in [-0.1, -0.05) is 24.3 Å². The molecule has 3 nitrogen and oxygen atoms in total. The van der Waals surface area contributed by atoms with Crippen LogP contribution in [0.3, 0.4) is 0 Å². The van der Waals surface area contributed by atoms with Crippen LogP contribution < -0.4 is 0 Å². The molecular formula is C11H13F2NO2. The van der Waals surface area contributed by atoms with Gasteiger partial charge in [0.2, 0.25) is 5.91 Å². The van der Waals surface area contributed by atoms with Crippen molar-refractivity contribution >= 4 is 5.91 Å². The normalized spacial score (nSPS) is 10.6. The maximum absolute atomic E-state index is 12.2. The Labute approximate surface area is 92.6 Å². The molecule has 0 spiro atoms. The zero-order valence-corrected chi connectivity index (χ0v) is 9.11. The fourth-order valence-electron chi connectivity index (χ4n) is 1.17. The van der Waals surface area contributed by atoms with Crippen molar-refractivity contribution < 1.29 is 18.4 Å². The SMILES string of the molecule is CON(C)C(=O)Cc1ccc(C(F)F)cc1. The van der Waals surface area contributed by atoms with E-state index in [2.05, 4.69) is 0 Å². The minimum atomic E-state index is -2.48. The highest BCUT2D eigenvalue weighted by Gasteiger charge is 2.10. The average molecular weight is 229 g/mol. The minimum Gasteiger partial charge on any atom is -0.275 e. The highest BCUT2D eigenvalue weighted by Crippen LogP contribution is 2.18. The number of halogens is 2. The molecule has 0 aliphatic carbocycles. The summed E-state index contributed by atoms with van der Waals surface area (Å²) in [5, 5.41) is 1.10. The number of rotatable bonds is 4. The lowest BCUT2D eigenvalue weighted by atomic mass is 10.1. The van der Waals surface area contributed by atoms with Gasteiger partial charge in [-0.3, -0.25) is 9.63 Å². The molecule has 0 unspecified atom stereocenters. The van der Waals surface area contributed by atoms with Crippen LogP contribution in [0.2, 0.25) is 0 Å². The van der Waals surface area contributed by atoms with E-state index in [-0.39, 0.29) is 17.9 Å². The van der Waals surface area contributed by atoms with E-state index in [1.54, 1.807) is 0 Å². The highest BCUT2D eigenvalue weighted by molar-refractivity contribution is 5.77. The predicted molar refractivity (Wildman–Crippen MR) is 54.9 cm³/mol. The van der Waals surface area contributed by atoms with Gasteiger partial charge in [0.05, 0.1) is 13.5 Å². The van der Waals surface area contributed by atoms with Crippen LogP contribution in [0.15, 0.2) is 24.3 Å². The molecule has 0 saturated carbocycles. The molecule has 0 N–H and O–H groups in total. The Balaban J connectivity index is 2.65. The van der Waals surface area contributed by atoms with Gasteiger partial charge < -0.3 is 0 Å². The standard InChI is InChI=1S/C11H13F2NO2/c1-14(16-2)10(15)7-8-3-5-9(6-4-8)11(12)13/h3-6,11H,7H2,1-2H3. The monoisotopic (exact) mass is 229 g/mol. The Bertz CT molecular complexity index is 352.